The van der Waals surface area contributed by atoms with Crippen molar-refractivity contribution in [2.24, 2.45) is 4.99 Å². The van der Waals surface area contributed by atoms with Gasteiger partial charge in [-0.2, -0.15) is 0 Å². The maximum atomic E-state index is 12.4. The van der Waals surface area contributed by atoms with Gasteiger partial charge in [0, 0.05) is 23.0 Å². The van der Waals surface area contributed by atoms with E-state index in [1.165, 1.54) is 12.1 Å². The summed E-state index contributed by atoms with van der Waals surface area (Å²) in [4.78, 5) is 40.7. The van der Waals surface area contributed by atoms with E-state index in [0.29, 0.717) is 16.1 Å². The number of esters is 1. The standard InChI is InChI=1S/C23H19N3O5S/c1-2-31-22(29)14-7-9-16(10-8-14)25-20(27)13-26-21(28)19(32-23(26)30)11-15-12-24-18-6-4-3-5-17(15)18/h3-12,28H,2,13H2,1H3,(H,25,27)/b15-11-. The highest BCUT2D eigenvalue weighted by molar-refractivity contribution is 7.10. The van der Waals surface area contributed by atoms with Crippen LogP contribution >= 0.6 is 11.3 Å². The number of aliphatic imine (C=N–C) groups is 1. The minimum atomic E-state index is -0.490. The highest BCUT2D eigenvalue weighted by Gasteiger charge is 2.18. The van der Waals surface area contributed by atoms with Crippen molar-refractivity contribution in [1.82, 2.24) is 4.57 Å². The molecule has 162 valence electrons. The van der Waals surface area contributed by atoms with E-state index in [1.807, 2.05) is 24.3 Å². The minimum absolute atomic E-state index is 0.272. The zero-order chi connectivity index (χ0) is 22.7. The summed E-state index contributed by atoms with van der Waals surface area (Å²) < 4.78 is 5.93. The fraction of sp³-hybridized carbons (Fsp3) is 0.130. The molecule has 0 bridgehead atoms. The van der Waals surface area contributed by atoms with Gasteiger partial charge < -0.3 is 15.2 Å². The lowest BCUT2D eigenvalue weighted by Gasteiger charge is -2.07. The number of hydrogen-bond acceptors (Lipinski definition) is 7. The molecule has 0 saturated heterocycles. The molecule has 32 heavy (non-hydrogen) atoms. The Balaban J connectivity index is 1.48. The fourth-order valence-electron chi connectivity index (χ4n) is 3.19. The van der Waals surface area contributed by atoms with Crippen LogP contribution in [0.5, 0.6) is 5.88 Å². The van der Waals surface area contributed by atoms with Crippen molar-refractivity contribution in [2.45, 2.75) is 13.5 Å². The minimum Gasteiger partial charge on any atom is -0.493 e. The van der Waals surface area contributed by atoms with Crippen molar-refractivity contribution in [3.8, 4) is 5.88 Å². The number of rotatable bonds is 6. The van der Waals surface area contributed by atoms with Gasteiger partial charge in [-0.25, -0.2) is 4.79 Å². The molecule has 0 fully saturated rings. The zero-order valence-electron chi connectivity index (χ0n) is 17.1. The number of hydrogen-bond donors (Lipinski definition) is 2. The van der Waals surface area contributed by atoms with E-state index in [1.54, 1.807) is 31.3 Å². The molecule has 1 aromatic heterocycles. The Labute approximate surface area is 187 Å². The highest BCUT2D eigenvalue weighted by atomic mass is 32.1. The molecule has 8 nitrogen and oxygen atoms in total. The number of carbonyl (C=O) groups excluding carboxylic acids is 2. The molecule has 4 rings (SSSR count). The molecule has 0 aliphatic carbocycles. The third-order valence-corrected chi connectivity index (χ3v) is 5.63. The Kier molecular flexibility index (Phi) is 6.00. The molecule has 0 atom stereocenters. The van der Waals surface area contributed by atoms with Crippen molar-refractivity contribution in [1.29, 1.82) is 0 Å². The summed E-state index contributed by atoms with van der Waals surface area (Å²) >= 11 is 0.849. The number of ether oxygens (including phenoxy) is 1. The number of allylic oxidation sites excluding steroid dienone is 1. The van der Waals surface area contributed by atoms with Gasteiger partial charge in [0.25, 0.3) is 0 Å². The Morgan fingerprint density at radius 1 is 1.19 bits per heavy atom. The Bertz CT molecular complexity index is 1300. The lowest BCUT2D eigenvalue weighted by Crippen LogP contribution is -2.24. The normalized spacial score (nSPS) is 13.2. The first-order valence-corrected chi connectivity index (χ1v) is 10.6. The number of anilines is 1. The summed E-state index contributed by atoms with van der Waals surface area (Å²) in [7, 11) is 0. The number of amides is 1. The Morgan fingerprint density at radius 3 is 2.69 bits per heavy atom. The average molecular weight is 449 g/mol. The largest absolute Gasteiger partial charge is 0.493 e. The van der Waals surface area contributed by atoms with Crippen LogP contribution in [0.1, 0.15) is 27.7 Å². The summed E-state index contributed by atoms with van der Waals surface area (Å²) in [5.74, 6) is -1.22. The number of nitrogens with one attached hydrogen (secondary N) is 1. The zero-order valence-corrected chi connectivity index (χ0v) is 17.9. The van der Waals surface area contributed by atoms with Gasteiger partial charge in [-0.3, -0.25) is 19.1 Å². The van der Waals surface area contributed by atoms with E-state index >= 15 is 0 Å². The van der Waals surface area contributed by atoms with Crippen LogP contribution in [-0.4, -0.2) is 34.4 Å². The summed E-state index contributed by atoms with van der Waals surface area (Å²) in [6.45, 7) is 1.64. The fourth-order valence-corrected chi connectivity index (χ4v) is 4.03. The molecule has 0 radical (unpaired) electrons. The van der Waals surface area contributed by atoms with Crippen molar-refractivity contribution in [3.05, 3.63) is 74.2 Å². The lowest BCUT2D eigenvalue weighted by atomic mass is 10.1. The average Bonchev–Trinajstić information content (AvgIpc) is 3.31. The van der Waals surface area contributed by atoms with Gasteiger partial charge >= 0.3 is 10.8 Å². The SMILES string of the molecule is CCOC(=O)c1ccc(NC(=O)Cn2c(O)c(/C=C3/C=Nc4ccccc43)sc2=O)cc1. The Hall–Kier alpha value is -3.98. The first-order valence-electron chi connectivity index (χ1n) is 9.81. The number of fused-ring (bicyclic) bond motifs is 1. The van der Waals surface area contributed by atoms with Crippen LogP contribution in [0.2, 0.25) is 0 Å². The molecule has 0 saturated carbocycles. The molecule has 2 aromatic carbocycles. The second kappa shape index (κ2) is 9.03. The maximum absolute atomic E-state index is 12.4. The van der Waals surface area contributed by atoms with Crippen LogP contribution in [0.4, 0.5) is 11.4 Å². The van der Waals surface area contributed by atoms with Crippen molar-refractivity contribution >= 4 is 52.5 Å². The molecule has 3 aromatic rings. The van der Waals surface area contributed by atoms with Crippen molar-refractivity contribution in [2.75, 3.05) is 11.9 Å². The summed E-state index contributed by atoms with van der Waals surface area (Å²) in [5, 5.41) is 13.2. The number of nitrogens with zero attached hydrogens (tertiary/aromatic N) is 2. The molecule has 1 aliphatic heterocycles. The quantitative estimate of drug-likeness (QED) is 0.558. The number of benzene rings is 2. The van der Waals surface area contributed by atoms with E-state index in [4.69, 9.17) is 4.74 Å². The second-order valence-corrected chi connectivity index (χ2v) is 7.86. The van der Waals surface area contributed by atoms with Gasteiger partial charge in [0.2, 0.25) is 11.8 Å². The van der Waals surface area contributed by atoms with E-state index in [-0.39, 0.29) is 19.0 Å². The van der Waals surface area contributed by atoms with Gasteiger partial charge in [-0.15, -0.1) is 0 Å². The second-order valence-electron chi connectivity index (χ2n) is 6.86. The number of carbonyl (C=O) groups is 2. The third-order valence-electron chi connectivity index (χ3n) is 4.72. The van der Waals surface area contributed by atoms with Gasteiger partial charge in [-0.05, 0) is 43.3 Å². The predicted octanol–water partition coefficient (Wildman–Crippen LogP) is 3.69. The molecular weight excluding hydrogens is 430 g/mol. The van der Waals surface area contributed by atoms with E-state index in [2.05, 4.69) is 10.3 Å². The molecular formula is C23H19N3O5S. The van der Waals surface area contributed by atoms with Crippen LogP contribution in [0.15, 0.2) is 58.3 Å². The molecule has 1 aliphatic rings. The first kappa shape index (κ1) is 21.3. The highest BCUT2D eigenvalue weighted by Crippen LogP contribution is 2.34. The van der Waals surface area contributed by atoms with Crippen LogP contribution < -0.4 is 10.2 Å². The van der Waals surface area contributed by atoms with Gasteiger partial charge in [0.05, 0.1) is 22.7 Å². The summed E-state index contributed by atoms with van der Waals surface area (Å²) in [6.07, 6.45) is 3.35. The van der Waals surface area contributed by atoms with Gasteiger partial charge in [-0.1, -0.05) is 29.5 Å². The molecule has 2 heterocycles. The van der Waals surface area contributed by atoms with Crippen molar-refractivity contribution < 1.29 is 19.4 Å². The first-order chi connectivity index (χ1) is 15.5. The van der Waals surface area contributed by atoms with Crippen LogP contribution in [0.3, 0.4) is 0 Å². The maximum Gasteiger partial charge on any atom is 0.338 e. The number of aromatic nitrogens is 1. The predicted molar refractivity (Wildman–Crippen MR) is 124 cm³/mol. The van der Waals surface area contributed by atoms with Gasteiger partial charge in [0.15, 0.2) is 0 Å². The molecule has 0 unspecified atom stereocenters. The monoisotopic (exact) mass is 449 g/mol. The number of para-hydroxylation sites is 1. The molecule has 2 N–H and O–H groups in total. The number of aromatic hydroxyl groups is 1. The van der Waals surface area contributed by atoms with Crippen LogP contribution in [0.25, 0.3) is 11.6 Å². The smallest absolute Gasteiger partial charge is 0.338 e. The number of thiazole rings is 1. The topological polar surface area (TPSA) is 110 Å². The van der Waals surface area contributed by atoms with Crippen LogP contribution in [-0.2, 0) is 16.1 Å². The summed E-state index contributed by atoms with van der Waals surface area (Å²) in [5.41, 5.74) is 3.32. The molecule has 1 amide bonds. The van der Waals surface area contributed by atoms with E-state index in [9.17, 15) is 19.5 Å². The third kappa shape index (κ3) is 4.37. The van der Waals surface area contributed by atoms with Crippen molar-refractivity contribution in [3.63, 3.8) is 0 Å². The van der Waals surface area contributed by atoms with E-state index < -0.39 is 16.7 Å². The summed E-state index contributed by atoms with van der Waals surface area (Å²) in [6, 6.07) is 13.8. The van der Waals surface area contributed by atoms with Gasteiger partial charge in [0.1, 0.15) is 6.54 Å². The Morgan fingerprint density at radius 2 is 1.94 bits per heavy atom. The molecule has 0 spiro atoms. The lowest BCUT2D eigenvalue weighted by molar-refractivity contribution is -0.116. The van der Waals surface area contributed by atoms with E-state index in [0.717, 1.165) is 32.7 Å². The van der Waals surface area contributed by atoms with Crippen LogP contribution in [0, 0.1) is 0 Å². The molecule has 9 heteroatoms.